The summed E-state index contributed by atoms with van der Waals surface area (Å²) in [5, 5.41) is 8.19. The first kappa shape index (κ1) is 16.6. The van der Waals surface area contributed by atoms with Gasteiger partial charge in [0.1, 0.15) is 0 Å². The average Bonchev–Trinajstić information content (AvgIpc) is 2.30. The quantitative estimate of drug-likeness (QED) is 0.637. The molecule has 0 saturated heterocycles. The van der Waals surface area contributed by atoms with Gasteiger partial charge in [0.2, 0.25) is 0 Å². The molecule has 4 nitrogen and oxygen atoms in total. The molecule has 1 aromatic rings. The van der Waals surface area contributed by atoms with E-state index in [4.69, 9.17) is 9.66 Å². The fourth-order valence-corrected chi connectivity index (χ4v) is 1.46. The van der Waals surface area contributed by atoms with Gasteiger partial charge in [-0.25, -0.2) is 0 Å². The van der Waals surface area contributed by atoms with E-state index >= 15 is 0 Å². The van der Waals surface area contributed by atoms with Gasteiger partial charge in [0.15, 0.2) is 0 Å². The molecule has 2 N–H and O–H groups in total. The zero-order valence-electron chi connectivity index (χ0n) is 10.5. The Bertz CT molecular complexity index is 492. The lowest BCUT2D eigenvalue weighted by Gasteiger charge is -1.95. The van der Waals surface area contributed by atoms with Crippen LogP contribution in [0.25, 0.3) is 0 Å². The zero-order chi connectivity index (χ0) is 14.0. The van der Waals surface area contributed by atoms with Crippen LogP contribution in [0.3, 0.4) is 0 Å². The summed E-state index contributed by atoms with van der Waals surface area (Å²) in [6.45, 7) is 4.02. The van der Waals surface area contributed by atoms with E-state index in [1.807, 2.05) is 13.8 Å². The Kier molecular flexibility index (Phi) is 8.05. The van der Waals surface area contributed by atoms with Gasteiger partial charge >= 0.3 is 0 Å². The van der Waals surface area contributed by atoms with Crippen molar-refractivity contribution < 1.29 is 18.1 Å². The molecule has 5 heteroatoms. The largest absolute Gasteiger partial charge is 0.395 e. The van der Waals surface area contributed by atoms with E-state index in [1.54, 1.807) is 12.1 Å². The Morgan fingerprint density at radius 1 is 1.17 bits per heavy atom. The maximum atomic E-state index is 10.5. The van der Waals surface area contributed by atoms with Crippen molar-refractivity contribution in [2.45, 2.75) is 31.6 Å². The van der Waals surface area contributed by atoms with E-state index in [-0.39, 0.29) is 11.5 Å². The summed E-state index contributed by atoms with van der Waals surface area (Å²) in [6, 6.07) is 5.99. The van der Waals surface area contributed by atoms with Gasteiger partial charge in [0.05, 0.1) is 11.5 Å². The highest BCUT2D eigenvalue weighted by molar-refractivity contribution is 7.85. The van der Waals surface area contributed by atoms with Crippen molar-refractivity contribution in [1.82, 2.24) is 0 Å². The predicted octanol–water partition coefficient (Wildman–Crippen LogP) is 2.02. The molecule has 0 atom stereocenters. The van der Waals surface area contributed by atoms with Gasteiger partial charge in [-0.15, -0.1) is 11.8 Å². The van der Waals surface area contributed by atoms with Crippen molar-refractivity contribution in [2.24, 2.45) is 0 Å². The molecule has 0 radical (unpaired) electrons. The van der Waals surface area contributed by atoms with E-state index < -0.39 is 10.1 Å². The molecule has 0 saturated carbocycles. The fourth-order valence-electron chi connectivity index (χ4n) is 0.980. The second-order valence-corrected chi connectivity index (χ2v) is 4.89. The third-order valence-electron chi connectivity index (χ3n) is 1.86. The maximum Gasteiger partial charge on any atom is 0.294 e. The van der Waals surface area contributed by atoms with E-state index in [0.717, 1.165) is 12.0 Å². The number of hydrogen-bond donors (Lipinski definition) is 2. The van der Waals surface area contributed by atoms with Crippen LogP contribution in [0, 0.1) is 18.8 Å². The van der Waals surface area contributed by atoms with E-state index in [2.05, 4.69) is 11.8 Å². The van der Waals surface area contributed by atoms with Gasteiger partial charge in [0, 0.05) is 12.8 Å². The van der Waals surface area contributed by atoms with Gasteiger partial charge in [-0.05, 0) is 19.1 Å². The van der Waals surface area contributed by atoms with Crippen LogP contribution in [0.15, 0.2) is 29.2 Å². The second-order valence-electron chi connectivity index (χ2n) is 3.47. The SMILES string of the molecule is CCC#CCCO.Cc1ccc(S(=O)(=O)O)cc1. The first-order valence-electron chi connectivity index (χ1n) is 5.52. The second kappa shape index (κ2) is 8.70. The van der Waals surface area contributed by atoms with Crippen LogP contribution in [-0.2, 0) is 10.1 Å². The van der Waals surface area contributed by atoms with Crippen molar-refractivity contribution in [3.05, 3.63) is 29.8 Å². The third-order valence-corrected chi connectivity index (χ3v) is 2.73. The average molecular weight is 270 g/mol. The molecule has 0 aliphatic carbocycles. The lowest BCUT2D eigenvalue weighted by molar-refractivity contribution is 0.305. The highest BCUT2D eigenvalue weighted by atomic mass is 32.2. The first-order valence-corrected chi connectivity index (χ1v) is 6.96. The van der Waals surface area contributed by atoms with Gasteiger partial charge < -0.3 is 5.11 Å². The molecule has 1 rings (SSSR count). The van der Waals surface area contributed by atoms with Gasteiger partial charge in [-0.3, -0.25) is 4.55 Å². The molecule has 1 aromatic carbocycles. The van der Waals surface area contributed by atoms with Gasteiger partial charge in [-0.1, -0.05) is 24.6 Å². The van der Waals surface area contributed by atoms with Crippen LogP contribution in [-0.4, -0.2) is 24.7 Å². The summed E-state index contributed by atoms with van der Waals surface area (Å²) in [7, 11) is -4.02. The minimum Gasteiger partial charge on any atom is -0.395 e. The number of hydrogen-bond acceptors (Lipinski definition) is 3. The molecule has 0 aliphatic heterocycles. The lowest BCUT2D eigenvalue weighted by atomic mass is 10.2. The fraction of sp³-hybridized carbons (Fsp3) is 0.385. The summed E-state index contributed by atoms with van der Waals surface area (Å²) < 4.78 is 29.6. The highest BCUT2D eigenvalue weighted by Crippen LogP contribution is 2.08. The van der Waals surface area contributed by atoms with Crippen molar-refractivity contribution in [1.29, 1.82) is 0 Å². The third kappa shape index (κ3) is 7.85. The van der Waals surface area contributed by atoms with Crippen LogP contribution >= 0.6 is 0 Å². The van der Waals surface area contributed by atoms with Gasteiger partial charge in [-0.2, -0.15) is 8.42 Å². The Balaban J connectivity index is 0.000000360. The van der Waals surface area contributed by atoms with E-state index in [1.165, 1.54) is 12.1 Å². The van der Waals surface area contributed by atoms with Crippen molar-refractivity contribution in [3.63, 3.8) is 0 Å². The molecular formula is C13H18O4S. The summed E-state index contributed by atoms with van der Waals surface area (Å²) >= 11 is 0. The van der Waals surface area contributed by atoms with Crippen LogP contribution in [0.2, 0.25) is 0 Å². The monoisotopic (exact) mass is 270 g/mol. The van der Waals surface area contributed by atoms with E-state index in [0.29, 0.717) is 6.42 Å². The molecule has 0 unspecified atom stereocenters. The summed E-state index contributed by atoms with van der Waals surface area (Å²) in [4.78, 5) is -0.0666. The molecule has 0 bridgehead atoms. The molecule has 0 aromatic heterocycles. The standard InChI is InChI=1S/C7H8O3S.C6H10O/c1-6-2-4-7(5-3-6)11(8,9)10;1-2-3-4-5-6-7/h2-5H,1H3,(H,8,9,10);7H,2,5-6H2,1H3. The minimum absolute atomic E-state index is 0.0666. The van der Waals surface area contributed by atoms with Crippen LogP contribution < -0.4 is 0 Å². The van der Waals surface area contributed by atoms with Crippen molar-refractivity contribution in [2.75, 3.05) is 6.61 Å². The van der Waals surface area contributed by atoms with Gasteiger partial charge in [0.25, 0.3) is 10.1 Å². The topological polar surface area (TPSA) is 74.6 Å². The molecule has 18 heavy (non-hydrogen) atoms. The zero-order valence-corrected chi connectivity index (χ0v) is 11.4. The Morgan fingerprint density at radius 2 is 1.72 bits per heavy atom. The summed E-state index contributed by atoms with van der Waals surface area (Å²) in [5.41, 5.74) is 0.956. The summed E-state index contributed by atoms with van der Waals surface area (Å²) in [6.07, 6.45) is 1.51. The van der Waals surface area contributed by atoms with Crippen LogP contribution in [0.4, 0.5) is 0 Å². The minimum atomic E-state index is -4.02. The molecule has 100 valence electrons. The number of benzene rings is 1. The smallest absolute Gasteiger partial charge is 0.294 e. The number of aliphatic hydroxyl groups excluding tert-OH is 1. The normalized spacial score (nSPS) is 9.78. The molecule has 0 aliphatic rings. The van der Waals surface area contributed by atoms with Crippen LogP contribution in [0.5, 0.6) is 0 Å². The Morgan fingerprint density at radius 3 is 2.11 bits per heavy atom. The Hall–Kier alpha value is -1.35. The molecule has 0 spiro atoms. The predicted molar refractivity (Wildman–Crippen MR) is 70.8 cm³/mol. The lowest BCUT2D eigenvalue weighted by Crippen LogP contribution is -1.96. The molecule has 0 amide bonds. The summed E-state index contributed by atoms with van der Waals surface area (Å²) in [5.74, 6) is 5.62. The van der Waals surface area contributed by atoms with Crippen molar-refractivity contribution in [3.8, 4) is 11.8 Å². The Labute approximate surface area is 108 Å². The number of aryl methyl sites for hydroxylation is 1. The highest BCUT2D eigenvalue weighted by Gasteiger charge is 2.06. The molecular weight excluding hydrogens is 252 g/mol. The van der Waals surface area contributed by atoms with E-state index in [9.17, 15) is 8.42 Å². The number of aliphatic hydroxyl groups is 1. The molecule has 0 heterocycles. The first-order chi connectivity index (χ1) is 8.41. The number of rotatable bonds is 2. The van der Waals surface area contributed by atoms with Crippen LogP contribution in [0.1, 0.15) is 25.3 Å². The van der Waals surface area contributed by atoms with Crippen molar-refractivity contribution >= 4 is 10.1 Å². The molecule has 0 fully saturated rings. The maximum absolute atomic E-state index is 10.5.